The van der Waals surface area contributed by atoms with E-state index >= 15 is 0 Å². The molecule has 0 spiro atoms. The lowest BCUT2D eigenvalue weighted by Crippen LogP contribution is -2.76. The zero-order chi connectivity index (χ0) is 20.0. The Hall–Kier alpha value is -1.11. The first-order valence-corrected chi connectivity index (χ1v) is 10.1. The van der Waals surface area contributed by atoms with E-state index in [0.29, 0.717) is 37.2 Å². The number of carbonyl (C=O) groups is 1. The van der Waals surface area contributed by atoms with Gasteiger partial charge in [-0.1, -0.05) is 20.8 Å². The molecule has 0 unspecified atom stereocenters. The summed E-state index contributed by atoms with van der Waals surface area (Å²) in [5.74, 6) is 0.0921. The van der Waals surface area contributed by atoms with Gasteiger partial charge >= 0.3 is 0 Å². The molecule has 0 amide bonds. The van der Waals surface area contributed by atoms with Crippen molar-refractivity contribution in [1.29, 1.82) is 0 Å². The van der Waals surface area contributed by atoms with Crippen molar-refractivity contribution < 1.29 is 29.6 Å². The highest BCUT2D eigenvalue weighted by molar-refractivity contribution is 5.96. The number of allylic oxidation sites excluding steroid dienone is 1. The van der Waals surface area contributed by atoms with Gasteiger partial charge in [0.2, 0.25) is 0 Å². The fourth-order valence-corrected chi connectivity index (χ4v) is 6.39. The molecule has 0 aromatic carbocycles. The van der Waals surface area contributed by atoms with Crippen LogP contribution in [0.3, 0.4) is 0 Å². The number of carbonyl (C=O) groups excluding carboxylic acids is 1. The summed E-state index contributed by atoms with van der Waals surface area (Å²) in [4.78, 5) is 12.6. The summed E-state index contributed by atoms with van der Waals surface area (Å²) in [6.07, 6.45) is 0.0138. The first-order valence-electron chi connectivity index (χ1n) is 10.1. The Balaban J connectivity index is 1.83. The first-order chi connectivity index (χ1) is 12.4. The highest BCUT2D eigenvalue weighted by atomic mass is 16.7. The van der Waals surface area contributed by atoms with E-state index in [1.165, 1.54) is 0 Å². The summed E-state index contributed by atoms with van der Waals surface area (Å²) >= 11 is 0. The molecule has 2 saturated carbocycles. The third-order valence-electron chi connectivity index (χ3n) is 8.47. The maximum atomic E-state index is 12.6. The molecule has 2 heterocycles. The number of Topliss-reactive ketones (excluding diaryl/α,β-unsaturated/α-hetero) is 1. The standard InChI is InChI=1S/C21H32O6/c1-11-8-13(22)12-9-14-19(4,27-17(12)26-11)6-7-21(25)18(2,3)15(23)10-16(24)20(14,21)5/h11,14-16,23-25H,6-10H2,1-5H3/t11-,14-,15-,16+,19-,20-,21+/m1/s1. The van der Waals surface area contributed by atoms with Crippen LogP contribution in [0.5, 0.6) is 0 Å². The van der Waals surface area contributed by atoms with Crippen molar-refractivity contribution in [2.75, 3.05) is 0 Å². The fraction of sp³-hybridized carbons (Fsp3) is 0.857. The van der Waals surface area contributed by atoms with Crippen molar-refractivity contribution in [2.45, 2.75) is 96.2 Å². The second kappa shape index (κ2) is 5.49. The van der Waals surface area contributed by atoms with Gasteiger partial charge < -0.3 is 24.8 Å². The average Bonchev–Trinajstić information content (AvgIpc) is 2.56. The smallest absolute Gasteiger partial charge is 0.286 e. The number of rotatable bonds is 0. The quantitative estimate of drug-likeness (QED) is 0.595. The first kappa shape index (κ1) is 19.2. The van der Waals surface area contributed by atoms with E-state index in [-0.39, 0.29) is 24.2 Å². The van der Waals surface area contributed by atoms with Crippen molar-refractivity contribution in [3.63, 3.8) is 0 Å². The molecular formula is C21H32O6. The Morgan fingerprint density at radius 2 is 1.70 bits per heavy atom. The molecule has 7 atom stereocenters. The van der Waals surface area contributed by atoms with Crippen molar-refractivity contribution >= 4 is 5.78 Å². The Kier molecular flexibility index (Phi) is 3.90. The average molecular weight is 380 g/mol. The van der Waals surface area contributed by atoms with Crippen LogP contribution < -0.4 is 0 Å². The van der Waals surface area contributed by atoms with Gasteiger partial charge in [-0.15, -0.1) is 0 Å². The minimum atomic E-state index is -1.27. The van der Waals surface area contributed by atoms with Crippen LogP contribution in [0.15, 0.2) is 11.5 Å². The molecule has 6 heteroatoms. The normalized spacial score (nSPS) is 51.5. The summed E-state index contributed by atoms with van der Waals surface area (Å²) in [5.41, 5.74) is -3.06. The predicted octanol–water partition coefficient (Wildman–Crippen LogP) is 2.05. The van der Waals surface area contributed by atoms with Gasteiger partial charge in [-0.25, -0.2) is 0 Å². The lowest BCUT2D eigenvalue weighted by Gasteiger charge is -2.69. The van der Waals surface area contributed by atoms with Crippen molar-refractivity contribution in [3.05, 3.63) is 11.5 Å². The Bertz CT molecular complexity index is 713. The van der Waals surface area contributed by atoms with E-state index in [1.807, 2.05) is 34.6 Å². The van der Waals surface area contributed by atoms with Gasteiger partial charge in [-0.3, -0.25) is 4.79 Å². The third kappa shape index (κ3) is 2.21. The van der Waals surface area contributed by atoms with Crippen molar-refractivity contribution in [1.82, 2.24) is 0 Å². The molecule has 0 saturated heterocycles. The summed E-state index contributed by atoms with van der Waals surface area (Å²) < 4.78 is 12.1. The van der Waals surface area contributed by atoms with E-state index in [9.17, 15) is 20.1 Å². The maximum absolute atomic E-state index is 12.6. The maximum Gasteiger partial charge on any atom is 0.286 e. The predicted molar refractivity (Wildman–Crippen MR) is 97.5 cm³/mol. The lowest BCUT2D eigenvalue weighted by molar-refractivity contribution is -0.326. The van der Waals surface area contributed by atoms with Gasteiger partial charge in [0, 0.05) is 29.6 Å². The van der Waals surface area contributed by atoms with Crippen molar-refractivity contribution in [2.24, 2.45) is 16.7 Å². The Morgan fingerprint density at radius 1 is 1.04 bits per heavy atom. The largest absolute Gasteiger partial charge is 0.462 e. The van der Waals surface area contributed by atoms with Gasteiger partial charge in [0.25, 0.3) is 5.95 Å². The zero-order valence-electron chi connectivity index (χ0n) is 16.9. The highest BCUT2D eigenvalue weighted by Crippen LogP contribution is 2.67. The summed E-state index contributed by atoms with van der Waals surface area (Å²) in [6, 6.07) is 0. The molecule has 27 heavy (non-hydrogen) atoms. The number of aliphatic hydroxyl groups excluding tert-OH is 2. The van der Waals surface area contributed by atoms with Crippen LogP contribution in [0, 0.1) is 16.7 Å². The fourth-order valence-electron chi connectivity index (χ4n) is 6.39. The van der Waals surface area contributed by atoms with E-state index < -0.39 is 34.2 Å². The highest BCUT2D eigenvalue weighted by Gasteiger charge is 2.73. The number of hydrogen-bond donors (Lipinski definition) is 3. The van der Waals surface area contributed by atoms with Gasteiger partial charge in [0.15, 0.2) is 5.78 Å². The van der Waals surface area contributed by atoms with Crippen LogP contribution in [0.25, 0.3) is 0 Å². The molecular weight excluding hydrogens is 348 g/mol. The minimum Gasteiger partial charge on any atom is -0.462 e. The second-order valence-corrected chi connectivity index (χ2v) is 10.1. The molecule has 0 radical (unpaired) electrons. The van der Waals surface area contributed by atoms with Crippen LogP contribution in [-0.2, 0) is 14.3 Å². The molecule has 4 rings (SSSR count). The lowest BCUT2D eigenvalue weighted by atomic mass is 9.40. The Labute approximate surface area is 160 Å². The number of hydrogen-bond acceptors (Lipinski definition) is 6. The molecule has 4 aliphatic rings. The van der Waals surface area contributed by atoms with Crippen LogP contribution in [-0.4, -0.2) is 50.6 Å². The van der Waals surface area contributed by atoms with Gasteiger partial charge in [-0.05, 0) is 33.1 Å². The summed E-state index contributed by atoms with van der Waals surface area (Å²) in [7, 11) is 0. The summed E-state index contributed by atoms with van der Waals surface area (Å²) in [6.45, 7) is 9.49. The van der Waals surface area contributed by atoms with E-state index in [2.05, 4.69) is 0 Å². The second-order valence-electron chi connectivity index (χ2n) is 10.1. The molecule has 0 aromatic rings. The molecule has 2 aliphatic heterocycles. The Morgan fingerprint density at radius 3 is 2.37 bits per heavy atom. The third-order valence-corrected chi connectivity index (χ3v) is 8.47. The van der Waals surface area contributed by atoms with E-state index in [1.54, 1.807) is 0 Å². The molecule has 2 aliphatic carbocycles. The van der Waals surface area contributed by atoms with Crippen LogP contribution in [0.2, 0.25) is 0 Å². The van der Waals surface area contributed by atoms with E-state index in [0.717, 1.165) is 0 Å². The molecule has 6 nitrogen and oxygen atoms in total. The zero-order valence-corrected chi connectivity index (χ0v) is 16.9. The number of fused-ring (bicyclic) bond motifs is 3. The van der Waals surface area contributed by atoms with E-state index in [4.69, 9.17) is 9.47 Å². The van der Waals surface area contributed by atoms with Gasteiger partial charge in [-0.2, -0.15) is 0 Å². The van der Waals surface area contributed by atoms with Gasteiger partial charge in [0.05, 0.1) is 23.4 Å². The van der Waals surface area contributed by atoms with Crippen LogP contribution in [0.4, 0.5) is 0 Å². The SMILES string of the molecule is C[C@@H]1CC(=O)C2=C(O1)O[C@]1(C)CC[C@]3(O)C(C)(C)[C@H](O)C[C@H](O)[C@@]3(C)[C@@H]1C2. The molecule has 0 aromatic heterocycles. The molecule has 0 bridgehead atoms. The van der Waals surface area contributed by atoms with Gasteiger partial charge in [0.1, 0.15) is 11.7 Å². The molecule has 3 N–H and O–H groups in total. The topological polar surface area (TPSA) is 96.2 Å². The monoisotopic (exact) mass is 380 g/mol. The molecule has 2 fully saturated rings. The number of ketones is 1. The van der Waals surface area contributed by atoms with Crippen LogP contribution >= 0.6 is 0 Å². The summed E-state index contributed by atoms with van der Waals surface area (Å²) in [5, 5.41) is 33.6. The van der Waals surface area contributed by atoms with Crippen molar-refractivity contribution in [3.8, 4) is 0 Å². The molecule has 152 valence electrons. The number of aliphatic hydroxyl groups is 3. The number of ether oxygens (including phenoxy) is 2. The minimum absolute atomic E-state index is 0.0214. The van der Waals surface area contributed by atoms with Crippen LogP contribution in [0.1, 0.15) is 66.7 Å².